The van der Waals surface area contributed by atoms with Gasteiger partial charge in [0.05, 0.1) is 5.56 Å². The molecule has 4 nitrogen and oxygen atoms in total. The largest absolute Gasteiger partial charge is 0.377 e. The van der Waals surface area contributed by atoms with E-state index < -0.39 is 0 Å². The first-order valence-corrected chi connectivity index (χ1v) is 10.00. The van der Waals surface area contributed by atoms with E-state index in [1.54, 1.807) is 0 Å². The molecular weight excluding hydrogens is 334 g/mol. The second-order valence-corrected chi connectivity index (χ2v) is 7.92. The first kappa shape index (κ1) is 18.1. The van der Waals surface area contributed by atoms with Crippen LogP contribution < -0.4 is 4.90 Å². The van der Waals surface area contributed by atoms with Gasteiger partial charge in [-0.15, -0.1) is 0 Å². The molecule has 1 heterocycles. The van der Waals surface area contributed by atoms with Gasteiger partial charge in [0.1, 0.15) is 0 Å². The normalized spacial score (nSPS) is 18.2. The molecule has 1 saturated heterocycles. The second kappa shape index (κ2) is 7.73. The number of amides is 1. The summed E-state index contributed by atoms with van der Waals surface area (Å²) in [6.45, 7) is 3.70. The molecular formula is C23H29N3O. The molecule has 1 amide bonds. The molecule has 2 aromatic carbocycles. The van der Waals surface area contributed by atoms with Crippen LogP contribution in [0, 0.1) is 0 Å². The lowest BCUT2D eigenvalue weighted by molar-refractivity contribution is 0.0759. The van der Waals surface area contributed by atoms with Gasteiger partial charge in [-0.05, 0) is 42.5 Å². The predicted octanol–water partition coefficient (Wildman–Crippen LogP) is 3.07. The van der Waals surface area contributed by atoms with Gasteiger partial charge < -0.3 is 9.80 Å². The fraction of sp³-hybridized carbons (Fsp3) is 0.435. The van der Waals surface area contributed by atoms with Crippen molar-refractivity contribution < 1.29 is 4.79 Å². The van der Waals surface area contributed by atoms with E-state index in [-0.39, 0.29) is 5.91 Å². The smallest absolute Gasteiger partial charge is 0.256 e. The Morgan fingerprint density at radius 1 is 0.889 bits per heavy atom. The Kier molecular flexibility index (Phi) is 5.17. The van der Waals surface area contributed by atoms with Crippen LogP contribution in [0.3, 0.4) is 0 Å². The molecule has 4 heteroatoms. The molecule has 0 saturated carbocycles. The third-order valence-corrected chi connectivity index (χ3v) is 5.98. The quantitative estimate of drug-likeness (QED) is 0.839. The third kappa shape index (κ3) is 3.72. The van der Waals surface area contributed by atoms with E-state index in [1.807, 2.05) is 48.2 Å². The highest BCUT2D eigenvalue weighted by molar-refractivity contribution is 5.99. The maximum atomic E-state index is 13.2. The lowest BCUT2D eigenvalue weighted by atomic mass is 10.1. The highest BCUT2D eigenvalue weighted by Crippen LogP contribution is 2.27. The molecule has 1 aliphatic heterocycles. The maximum Gasteiger partial charge on any atom is 0.256 e. The summed E-state index contributed by atoms with van der Waals surface area (Å²) in [4.78, 5) is 19.8. The summed E-state index contributed by atoms with van der Waals surface area (Å²) in [6, 6.07) is 17.3. The Bertz CT molecular complexity index is 792. The predicted molar refractivity (Wildman–Crippen MR) is 111 cm³/mol. The number of rotatable bonds is 3. The van der Waals surface area contributed by atoms with Gasteiger partial charge in [0.15, 0.2) is 0 Å². The van der Waals surface area contributed by atoms with Crippen molar-refractivity contribution in [1.29, 1.82) is 0 Å². The van der Waals surface area contributed by atoms with Crippen LogP contribution in [0.1, 0.15) is 27.9 Å². The topological polar surface area (TPSA) is 26.8 Å². The second-order valence-electron chi connectivity index (χ2n) is 7.92. The van der Waals surface area contributed by atoms with Crippen molar-refractivity contribution in [2.75, 3.05) is 45.2 Å². The van der Waals surface area contributed by atoms with Gasteiger partial charge >= 0.3 is 0 Å². The Hall–Kier alpha value is -2.33. The van der Waals surface area contributed by atoms with E-state index in [1.165, 1.54) is 11.1 Å². The van der Waals surface area contributed by atoms with E-state index in [0.717, 1.165) is 56.7 Å². The van der Waals surface area contributed by atoms with Crippen molar-refractivity contribution in [3.8, 4) is 0 Å². The van der Waals surface area contributed by atoms with Gasteiger partial charge in [-0.3, -0.25) is 9.69 Å². The molecule has 1 fully saturated rings. The molecule has 0 unspecified atom stereocenters. The molecule has 0 atom stereocenters. The zero-order valence-corrected chi connectivity index (χ0v) is 16.4. The summed E-state index contributed by atoms with van der Waals surface area (Å²) in [5, 5.41) is 0. The van der Waals surface area contributed by atoms with Crippen molar-refractivity contribution in [2.45, 2.75) is 25.3 Å². The van der Waals surface area contributed by atoms with E-state index in [2.05, 4.69) is 29.2 Å². The first-order valence-electron chi connectivity index (χ1n) is 10.00. The molecule has 0 radical (unpaired) electrons. The van der Waals surface area contributed by atoms with Crippen LogP contribution in [0.2, 0.25) is 0 Å². The lowest BCUT2D eigenvalue weighted by Gasteiger charge is -2.27. The average Bonchev–Trinajstić information content (AvgIpc) is 2.97. The highest BCUT2D eigenvalue weighted by Gasteiger charge is 2.29. The molecule has 142 valence electrons. The van der Waals surface area contributed by atoms with Gasteiger partial charge in [0.25, 0.3) is 5.91 Å². The van der Waals surface area contributed by atoms with Crippen molar-refractivity contribution in [2.24, 2.45) is 0 Å². The number of nitrogens with zero attached hydrogens (tertiary/aromatic N) is 3. The highest BCUT2D eigenvalue weighted by atomic mass is 16.2. The molecule has 0 N–H and O–H groups in total. The fourth-order valence-electron chi connectivity index (χ4n) is 4.51. The molecule has 0 bridgehead atoms. The maximum absolute atomic E-state index is 13.2. The van der Waals surface area contributed by atoms with Gasteiger partial charge in [0, 0.05) is 52.0 Å². The summed E-state index contributed by atoms with van der Waals surface area (Å²) in [6.07, 6.45) is 3.34. The standard InChI is InChI=1S/C23H29N3O/c1-24(2)22-11-6-5-10-21(22)23(27)26-13-7-12-25(14-15-26)20-16-18-8-3-4-9-19(18)17-20/h3-6,8-11,20H,7,12-17H2,1-2H3. The van der Waals surface area contributed by atoms with Gasteiger partial charge in [-0.2, -0.15) is 0 Å². The van der Waals surface area contributed by atoms with Crippen molar-refractivity contribution in [3.05, 3.63) is 65.2 Å². The van der Waals surface area contributed by atoms with Gasteiger partial charge in [0.2, 0.25) is 0 Å². The summed E-state index contributed by atoms with van der Waals surface area (Å²) in [5.41, 5.74) is 4.80. The molecule has 4 rings (SSSR count). The number of benzene rings is 2. The van der Waals surface area contributed by atoms with E-state index in [0.29, 0.717) is 6.04 Å². The molecule has 0 spiro atoms. The van der Waals surface area contributed by atoms with Crippen LogP contribution in [-0.2, 0) is 12.8 Å². The van der Waals surface area contributed by atoms with Crippen molar-refractivity contribution in [1.82, 2.24) is 9.80 Å². The molecule has 0 aromatic heterocycles. The number of carbonyl (C=O) groups is 1. The summed E-state index contributed by atoms with van der Waals surface area (Å²) in [5.74, 6) is 0.163. The van der Waals surface area contributed by atoms with Crippen molar-refractivity contribution in [3.63, 3.8) is 0 Å². The van der Waals surface area contributed by atoms with Crippen LogP contribution in [0.25, 0.3) is 0 Å². The summed E-state index contributed by atoms with van der Waals surface area (Å²) in [7, 11) is 3.99. The zero-order chi connectivity index (χ0) is 18.8. The Labute approximate surface area is 162 Å². The van der Waals surface area contributed by atoms with Crippen LogP contribution >= 0.6 is 0 Å². The third-order valence-electron chi connectivity index (χ3n) is 5.98. The van der Waals surface area contributed by atoms with Crippen LogP contribution in [0.15, 0.2) is 48.5 Å². The van der Waals surface area contributed by atoms with Crippen molar-refractivity contribution >= 4 is 11.6 Å². The zero-order valence-electron chi connectivity index (χ0n) is 16.4. The molecule has 1 aliphatic carbocycles. The monoisotopic (exact) mass is 363 g/mol. The fourth-order valence-corrected chi connectivity index (χ4v) is 4.51. The summed E-state index contributed by atoms with van der Waals surface area (Å²) < 4.78 is 0. The number of hydrogen-bond acceptors (Lipinski definition) is 3. The Morgan fingerprint density at radius 2 is 1.56 bits per heavy atom. The Morgan fingerprint density at radius 3 is 2.26 bits per heavy atom. The van der Waals surface area contributed by atoms with E-state index >= 15 is 0 Å². The molecule has 27 heavy (non-hydrogen) atoms. The van der Waals surface area contributed by atoms with Gasteiger partial charge in [-0.25, -0.2) is 0 Å². The minimum absolute atomic E-state index is 0.163. The number of hydrogen-bond donors (Lipinski definition) is 0. The van der Waals surface area contributed by atoms with Crippen LogP contribution in [-0.4, -0.2) is 62.0 Å². The number of carbonyl (C=O) groups excluding carboxylic acids is 1. The van der Waals surface area contributed by atoms with Crippen LogP contribution in [0.5, 0.6) is 0 Å². The molecule has 2 aliphatic rings. The van der Waals surface area contributed by atoms with Gasteiger partial charge in [-0.1, -0.05) is 36.4 Å². The molecule has 2 aromatic rings. The Balaban J connectivity index is 1.43. The van der Waals surface area contributed by atoms with E-state index in [9.17, 15) is 4.79 Å². The minimum Gasteiger partial charge on any atom is -0.377 e. The van der Waals surface area contributed by atoms with E-state index in [4.69, 9.17) is 0 Å². The summed E-state index contributed by atoms with van der Waals surface area (Å²) >= 11 is 0. The average molecular weight is 364 g/mol. The number of fused-ring (bicyclic) bond motifs is 1. The lowest BCUT2D eigenvalue weighted by Crippen LogP contribution is -2.40. The SMILES string of the molecule is CN(C)c1ccccc1C(=O)N1CCCN(C2Cc3ccccc3C2)CC1. The minimum atomic E-state index is 0.163. The number of para-hydroxylation sites is 1. The van der Waals surface area contributed by atoms with Crippen LogP contribution in [0.4, 0.5) is 5.69 Å². The number of anilines is 1. The first-order chi connectivity index (χ1) is 13.1.